The van der Waals surface area contributed by atoms with Crippen molar-refractivity contribution in [3.8, 4) is 23.0 Å². The number of rotatable bonds is 6. The van der Waals surface area contributed by atoms with Crippen LogP contribution in [0.15, 0.2) is 71.4 Å². The van der Waals surface area contributed by atoms with Crippen LogP contribution in [0.2, 0.25) is 0 Å². The number of Topliss-reactive ketones (excluding diaryl/α,β-unsaturated/α-hetero) is 1. The maximum absolute atomic E-state index is 13.1. The molecule has 2 aromatic carbocycles. The number of hydrogen-bond donors (Lipinski definition) is 1. The van der Waals surface area contributed by atoms with Crippen LogP contribution < -0.4 is 5.32 Å². The summed E-state index contributed by atoms with van der Waals surface area (Å²) in [6, 6.07) is 16.0. The quantitative estimate of drug-likeness (QED) is 0.487. The summed E-state index contributed by atoms with van der Waals surface area (Å²) in [6.07, 6.45) is 1.73. The molecule has 0 aliphatic rings. The van der Waals surface area contributed by atoms with Crippen molar-refractivity contribution in [3.63, 3.8) is 0 Å². The molecule has 0 unspecified atom stereocenters. The average Bonchev–Trinajstić information content (AvgIpc) is 3.38. The predicted molar refractivity (Wildman–Crippen MR) is 108 cm³/mol. The molecule has 7 nitrogen and oxygen atoms in total. The fraction of sp³-hybridized carbons (Fsp3) is 0.0909. The Morgan fingerprint density at radius 3 is 2.50 bits per heavy atom. The van der Waals surface area contributed by atoms with Crippen molar-refractivity contribution < 1.29 is 18.5 Å². The van der Waals surface area contributed by atoms with Gasteiger partial charge in [0, 0.05) is 23.0 Å². The van der Waals surface area contributed by atoms with Gasteiger partial charge in [0.15, 0.2) is 5.78 Å². The highest BCUT2D eigenvalue weighted by atomic mass is 19.1. The van der Waals surface area contributed by atoms with Crippen LogP contribution in [0.4, 0.5) is 10.1 Å². The van der Waals surface area contributed by atoms with Crippen molar-refractivity contribution in [2.24, 2.45) is 0 Å². The highest BCUT2D eigenvalue weighted by Crippen LogP contribution is 2.23. The second-order valence-electron chi connectivity index (χ2n) is 6.63. The number of halogens is 1. The van der Waals surface area contributed by atoms with E-state index in [1.807, 2.05) is 0 Å². The van der Waals surface area contributed by atoms with Crippen LogP contribution >= 0.6 is 0 Å². The van der Waals surface area contributed by atoms with Crippen LogP contribution in [0.3, 0.4) is 0 Å². The van der Waals surface area contributed by atoms with E-state index in [4.69, 9.17) is 4.52 Å². The Morgan fingerprint density at radius 2 is 1.80 bits per heavy atom. The first kappa shape index (κ1) is 19.3. The molecule has 2 aromatic heterocycles. The third-order valence-electron chi connectivity index (χ3n) is 4.47. The predicted octanol–water partition coefficient (Wildman–Crippen LogP) is 4.19. The first-order valence-electron chi connectivity index (χ1n) is 9.15. The molecule has 0 saturated heterocycles. The van der Waals surface area contributed by atoms with Gasteiger partial charge in [-0.25, -0.2) is 4.39 Å². The average molecular weight is 404 g/mol. The summed E-state index contributed by atoms with van der Waals surface area (Å²) in [5.41, 5.74) is 2.37. The summed E-state index contributed by atoms with van der Waals surface area (Å²) in [5.74, 6) is -0.0605. The number of carbonyl (C=O) groups excluding carboxylic acids is 2. The van der Waals surface area contributed by atoms with Gasteiger partial charge in [-0.05, 0) is 67.6 Å². The molecule has 4 rings (SSSR count). The molecule has 0 aliphatic heterocycles. The maximum atomic E-state index is 13.1. The molecule has 0 saturated carbocycles. The van der Waals surface area contributed by atoms with Crippen LogP contribution in [0, 0.1) is 5.82 Å². The minimum Gasteiger partial charge on any atom is -0.334 e. The monoisotopic (exact) mass is 404 g/mol. The van der Waals surface area contributed by atoms with Crippen LogP contribution in [0.1, 0.15) is 17.3 Å². The van der Waals surface area contributed by atoms with Gasteiger partial charge < -0.3 is 14.4 Å². The zero-order chi connectivity index (χ0) is 21.1. The molecule has 0 spiro atoms. The minimum absolute atomic E-state index is 0.0328. The van der Waals surface area contributed by atoms with Crippen LogP contribution in [0.5, 0.6) is 0 Å². The van der Waals surface area contributed by atoms with E-state index in [0.717, 1.165) is 0 Å². The Bertz CT molecular complexity index is 1190. The molecule has 1 amide bonds. The van der Waals surface area contributed by atoms with Crippen LogP contribution in [-0.2, 0) is 11.3 Å². The first-order valence-corrected chi connectivity index (χ1v) is 9.15. The zero-order valence-corrected chi connectivity index (χ0v) is 16.0. The molecule has 0 bridgehead atoms. The maximum Gasteiger partial charge on any atom is 0.274 e. The lowest BCUT2D eigenvalue weighted by Crippen LogP contribution is -2.18. The molecule has 4 aromatic rings. The van der Waals surface area contributed by atoms with Crippen LogP contribution in [0.25, 0.3) is 23.0 Å². The molecule has 0 atom stereocenters. The van der Waals surface area contributed by atoms with Crippen molar-refractivity contribution in [3.05, 3.63) is 78.2 Å². The second kappa shape index (κ2) is 8.12. The summed E-state index contributed by atoms with van der Waals surface area (Å²) in [5, 5.41) is 6.72. The lowest BCUT2D eigenvalue weighted by molar-refractivity contribution is -0.116. The number of nitrogens with zero attached hydrogens (tertiary/aromatic N) is 3. The Labute approximate surface area is 171 Å². The number of nitrogens with one attached hydrogen (secondary N) is 1. The number of amides is 1. The Kier molecular flexibility index (Phi) is 5.21. The molecule has 30 heavy (non-hydrogen) atoms. The smallest absolute Gasteiger partial charge is 0.274 e. The standard InChI is InChI=1S/C22H17FN4O3/c1-14(28)15-6-10-18(11-7-15)24-20(29)13-27-12-2-3-19(27)22-25-21(26-30-22)16-4-8-17(23)9-5-16/h2-12H,13H2,1H3,(H,24,29). The van der Waals surface area contributed by atoms with E-state index in [-0.39, 0.29) is 29.9 Å². The Balaban J connectivity index is 1.47. The van der Waals surface area contributed by atoms with E-state index >= 15 is 0 Å². The molecule has 0 fully saturated rings. The fourth-order valence-corrected chi connectivity index (χ4v) is 2.93. The van der Waals surface area contributed by atoms with E-state index < -0.39 is 0 Å². The molecule has 0 radical (unpaired) electrons. The van der Waals surface area contributed by atoms with E-state index in [2.05, 4.69) is 15.5 Å². The molecular weight excluding hydrogens is 387 g/mol. The van der Waals surface area contributed by atoms with Gasteiger partial charge in [-0.3, -0.25) is 9.59 Å². The van der Waals surface area contributed by atoms with E-state index in [1.165, 1.54) is 19.1 Å². The topological polar surface area (TPSA) is 90.0 Å². The molecule has 8 heteroatoms. The van der Waals surface area contributed by atoms with Crippen molar-refractivity contribution >= 4 is 17.4 Å². The highest BCUT2D eigenvalue weighted by molar-refractivity contribution is 5.95. The number of ketones is 1. The normalized spacial score (nSPS) is 10.7. The third kappa shape index (κ3) is 4.17. The number of hydrogen-bond acceptors (Lipinski definition) is 5. The van der Waals surface area contributed by atoms with Gasteiger partial charge in [-0.1, -0.05) is 5.16 Å². The van der Waals surface area contributed by atoms with Gasteiger partial charge in [0.1, 0.15) is 18.1 Å². The Hall–Kier alpha value is -4.07. The second-order valence-corrected chi connectivity index (χ2v) is 6.63. The number of aromatic nitrogens is 3. The lowest BCUT2D eigenvalue weighted by Gasteiger charge is -2.08. The molecule has 150 valence electrons. The summed E-state index contributed by atoms with van der Waals surface area (Å²) in [4.78, 5) is 28.1. The van der Waals surface area contributed by atoms with Gasteiger partial charge in [0.05, 0.1) is 0 Å². The van der Waals surface area contributed by atoms with E-state index in [1.54, 1.807) is 59.3 Å². The SMILES string of the molecule is CC(=O)c1ccc(NC(=O)Cn2cccc2-c2nc(-c3ccc(F)cc3)no2)cc1. The summed E-state index contributed by atoms with van der Waals surface area (Å²) >= 11 is 0. The Morgan fingerprint density at radius 1 is 1.07 bits per heavy atom. The van der Waals surface area contributed by atoms with Crippen molar-refractivity contribution in [1.82, 2.24) is 14.7 Å². The summed E-state index contributed by atoms with van der Waals surface area (Å²) < 4.78 is 20.1. The molecule has 0 aliphatic carbocycles. The van der Waals surface area contributed by atoms with Crippen molar-refractivity contribution in [2.75, 3.05) is 5.32 Å². The fourth-order valence-electron chi connectivity index (χ4n) is 2.93. The van der Waals surface area contributed by atoms with E-state index in [0.29, 0.717) is 28.3 Å². The number of carbonyl (C=O) groups is 2. The number of anilines is 1. The molecular formula is C22H17FN4O3. The third-order valence-corrected chi connectivity index (χ3v) is 4.47. The number of benzene rings is 2. The van der Waals surface area contributed by atoms with Gasteiger partial charge in [-0.2, -0.15) is 4.98 Å². The molecule has 2 heterocycles. The first-order chi connectivity index (χ1) is 14.5. The van der Waals surface area contributed by atoms with Gasteiger partial charge in [0.2, 0.25) is 11.7 Å². The summed E-state index contributed by atoms with van der Waals surface area (Å²) in [6.45, 7) is 1.52. The van der Waals surface area contributed by atoms with Crippen molar-refractivity contribution in [1.29, 1.82) is 0 Å². The van der Waals surface area contributed by atoms with Crippen LogP contribution in [-0.4, -0.2) is 26.4 Å². The van der Waals surface area contributed by atoms with Gasteiger partial charge in [0.25, 0.3) is 5.89 Å². The van der Waals surface area contributed by atoms with Gasteiger partial charge in [-0.15, -0.1) is 0 Å². The largest absolute Gasteiger partial charge is 0.334 e. The minimum atomic E-state index is -0.349. The van der Waals surface area contributed by atoms with Gasteiger partial charge >= 0.3 is 0 Å². The summed E-state index contributed by atoms with van der Waals surface area (Å²) in [7, 11) is 0. The molecule has 1 N–H and O–H groups in total. The van der Waals surface area contributed by atoms with Crippen molar-refractivity contribution in [2.45, 2.75) is 13.5 Å². The highest BCUT2D eigenvalue weighted by Gasteiger charge is 2.16. The lowest BCUT2D eigenvalue weighted by atomic mass is 10.1. The van der Waals surface area contributed by atoms with E-state index in [9.17, 15) is 14.0 Å². The zero-order valence-electron chi connectivity index (χ0n) is 16.0.